The molecule has 0 saturated heterocycles. The molecule has 28 heavy (non-hydrogen) atoms. The highest BCUT2D eigenvalue weighted by Crippen LogP contribution is 2.36. The summed E-state index contributed by atoms with van der Waals surface area (Å²) >= 11 is 5.63. The van der Waals surface area contributed by atoms with Gasteiger partial charge in [0.05, 0.1) is 6.54 Å². The van der Waals surface area contributed by atoms with Crippen LogP contribution in [0.15, 0.2) is 54.6 Å². The minimum atomic E-state index is -0.443. The van der Waals surface area contributed by atoms with Crippen LogP contribution < -0.4 is 20.7 Å². The summed E-state index contributed by atoms with van der Waals surface area (Å²) in [5.41, 5.74) is 2.98. The SMILES string of the molecule is NNC(=O)CCn1nc(C2COc3ccccc3O2)n(-c2ccccc2)c1=S. The van der Waals surface area contributed by atoms with E-state index in [9.17, 15) is 4.79 Å². The fourth-order valence-corrected chi connectivity index (χ4v) is 3.36. The molecular weight excluding hydrogens is 378 g/mol. The molecule has 3 aromatic rings. The van der Waals surface area contributed by atoms with E-state index in [-0.39, 0.29) is 12.3 Å². The van der Waals surface area contributed by atoms with E-state index in [1.165, 1.54) is 0 Å². The molecule has 0 spiro atoms. The Labute approximate surface area is 166 Å². The first kappa shape index (κ1) is 18.2. The normalized spacial score (nSPS) is 15.2. The number of aromatic nitrogens is 3. The number of hydrogen-bond donors (Lipinski definition) is 2. The lowest BCUT2D eigenvalue weighted by Gasteiger charge is -2.26. The third kappa shape index (κ3) is 3.49. The van der Waals surface area contributed by atoms with E-state index >= 15 is 0 Å². The summed E-state index contributed by atoms with van der Waals surface area (Å²) in [6.07, 6.45) is -0.276. The number of nitrogens with zero attached hydrogens (tertiary/aromatic N) is 3. The van der Waals surface area contributed by atoms with E-state index in [0.717, 1.165) is 5.69 Å². The number of carbonyl (C=O) groups excluding carboxylic acids is 1. The third-order valence-electron chi connectivity index (χ3n) is 4.39. The second-order valence-electron chi connectivity index (χ2n) is 6.22. The van der Waals surface area contributed by atoms with Crippen molar-refractivity contribution < 1.29 is 14.3 Å². The van der Waals surface area contributed by atoms with Crippen molar-refractivity contribution in [3.8, 4) is 17.2 Å². The van der Waals surface area contributed by atoms with Crippen molar-refractivity contribution in [2.24, 2.45) is 5.84 Å². The average molecular weight is 397 g/mol. The van der Waals surface area contributed by atoms with E-state index < -0.39 is 6.10 Å². The highest BCUT2D eigenvalue weighted by molar-refractivity contribution is 7.71. The Kier molecular flexibility index (Phi) is 5.09. The van der Waals surface area contributed by atoms with Gasteiger partial charge in [0, 0.05) is 12.1 Å². The molecule has 0 bridgehead atoms. The summed E-state index contributed by atoms with van der Waals surface area (Å²) in [6, 6.07) is 17.2. The fraction of sp³-hybridized carbons (Fsp3) is 0.211. The predicted octanol–water partition coefficient (Wildman–Crippen LogP) is 2.30. The maximum atomic E-state index is 11.5. The van der Waals surface area contributed by atoms with Gasteiger partial charge in [-0.15, -0.1) is 0 Å². The van der Waals surface area contributed by atoms with Crippen molar-refractivity contribution >= 4 is 18.1 Å². The number of hydrazine groups is 1. The van der Waals surface area contributed by atoms with Crippen LogP contribution in [-0.2, 0) is 11.3 Å². The monoisotopic (exact) mass is 397 g/mol. The molecule has 0 aliphatic carbocycles. The average Bonchev–Trinajstić information content (AvgIpc) is 3.08. The molecule has 0 fully saturated rings. The summed E-state index contributed by atoms with van der Waals surface area (Å²) in [6.45, 7) is 0.609. The van der Waals surface area contributed by atoms with Gasteiger partial charge in [-0.3, -0.25) is 14.8 Å². The number of aryl methyl sites for hydroxylation is 1. The van der Waals surface area contributed by atoms with Crippen molar-refractivity contribution in [3.05, 3.63) is 65.2 Å². The van der Waals surface area contributed by atoms with Crippen LogP contribution in [0.1, 0.15) is 18.3 Å². The van der Waals surface area contributed by atoms with Crippen molar-refractivity contribution in [1.82, 2.24) is 19.8 Å². The molecule has 1 amide bonds. The van der Waals surface area contributed by atoms with Gasteiger partial charge in [-0.05, 0) is 36.5 Å². The maximum Gasteiger partial charge on any atom is 0.235 e. The van der Waals surface area contributed by atoms with E-state index in [1.54, 1.807) is 4.68 Å². The van der Waals surface area contributed by atoms with Crippen LogP contribution in [0.5, 0.6) is 11.5 Å². The minimum absolute atomic E-state index is 0.168. The second kappa shape index (κ2) is 7.83. The third-order valence-corrected chi connectivity index (χ3v) is 4.78. The number of rotatable bonds is 5. The fourth-order valence-electron chi connectivity index (χ4n) is 3.02. The van der Waals surface area contributed by atoms with Gasteiger partial charge in [0.2, 0.25) is 10.7 Å². The van der Waals surface area contributed by atoms with Gasteiger partial charge in [-0.2, -0.15) is 5.10 Å². The molecule has 0 radical (unpaired) electrons. The molecule has 0 saturated carbocycles. The number of hydrogen-bond acceptors (Lipinski definition) is 6. The quantitative estimate of drug-likeness (QED) is 0.297. The summed E-state index contributed by atoms with van der Waals surface area (Å²) < 4.78 is 15.9. The van der Waals surface area contributed by atoms with Gasteiger partial charge in [0.15, 0.2) is 23.4 Å². The highest BCUT2D eigenvalue weighted by Gasteiger charge is 2.28. The largest absolute Gasteiger partial charge is 0.485 e. The number of nitrogens with two attached hydrogens (primary N) is 1. The van der Waals surface area contributed by atoms with Crippen molar-refractivity contribution in [1.29, 1.82) is 0 Å². The minimum Gasteiger partial charge on any atom is -0.485 e. The zero-order valence-corrected chi connectivity index (χ0v) is 15.8. The second-order valence-corrected chi connectivity index (χ2v) is 6.58. The lowest BCUT2D eigenvalue weighted by Crippen LogP contribution is -2.30. The smallest absolute Gasteiger partial charge is 0.235 e. The number of amides is 1. The number of nitrogens with one attached hydrogen (secondary N) is 1. The first-order valence-electron chi connectivity index (χ1n) is 8.80. The number of para-hydroxylation sites is 3. The number of fused-ring (bicyclic) bond motifs is 1. The van der Waals surface area contributed by atoms with Crippen LogP contribution in [0.2, 0.25) is 0 Å². The lowest BCUT2D eigenvalue weighted by atomic mass is 10.2. The molecule has 1 aliphatic rings. The van der Waals surface area contributed by atoms with Crippen LogP contribution in [0.3, 0.4) is 0 Å². The van der Waals surface area contributed by atoms with Gasteiger partial charge in [0.25, 0.3) is 0 Å². The number of carbonyl (C=O) groups is 1. The zero-order chi connectivity index (χ0) is 19.5. The predicted molar refractivity (Wildman–Crippen MR) is 105 cm³/mol. The molecule has 1 aliphatic heterocycles. The summed E-state index contributed by atoms with van der Waals surface area (Å²) in [4.78, 5) is 11.5. The Hall–Kier alpha value is -3.17. The van der Waals surface area contributed by atoms with Crippen molar-refractivity contribution in [2.45, 2.75) is 19.1 Å². The molecule has 1 aromatic heterocycles. The molecule has 2 aromatic carbocycles. The molecular formula is C19H19N5O3S. The topological polar surface area (TPSA) is 96.3 Å². The Balaban J connectivity index is 1.73. The standard InChI is InChI=1S/C19H19N5O3S/c20-21-17(25)10-11-23-19(28)24(13-6-2-1-3-7-13)18(22-23)16-12-26-14-8-4-5-9-15(14)27-16/h1-9,16H,10-12,20H2,(H,21,25). The lowest BCUT2D eigenvalue weighted by molar-refractivity contribution is -0.121. The molecule has 1 unspecified atom stereocenters. The summed E-state index contributed by atoms with van der Waals surface area (Å²) in [5, 5.41) is 4.64. The molecule has 2 heterocycles. The summed E-state index contributed by atoms with van der Waals surface area (Å²) in [7, 11) is 0. The Morgan fingerprint density at radius 3 is 2.64 bits per heavy atom. The maximum absolute atomic E-state index is 11.5. The Morgan fingerprint density at radius 2 is 1.89 bits per heavy atom. The van der Waals surface area contributed by atoms with E-state index in [4.69, 9.17) is 27.5 Å². The molecule has 1 atom stereocenters. The molecule has 3 N–H and O–H groups in total. The van der Waals surface area contributed by atoms with Gasteiger partial charge in [0.1, 0.15) is 6.61 Å². The summed E-state index contributed by atoms with van der Waals surface area (Å²) in [5.74, 6) is 6.84. The molecule has 8 nitrogen and oxygen atoms in total. The van der Waals surface area contributed by atoms with Crippen molar-refractivity contribution in [2.75, 3.05) is 6.61 Å². The molecule has 144 valence electrons. The van der Waals surface area contributed by atoms with Crippen LogP contribution in [0.25, 0.3) is 5.69 Å². The van der Waals surface area contributed by atoms with Gasteiger partial charge in [-0.1, -0.05) is 30.3 Å². The van der Waals surface area contributed by atoms with Crippen molar-refractivity contribution in [3.63, 3.8) is 0 Å². The van der Waals surface area contributed by atoms with Crippen LogP contribution in [-0.4, -0.2) is 26.9 Å². The van der Waals surface area contributed by atoms with Gasteiger partial charge >= 0.3 is 0 Å². The van der Waals surface area contributed by atoms with Crippen LogP contribution in [0.4, 0.5) is 0 Å². The first-order chi connectivity index (χ1) is 13.7. The van der Waals surface area contributed by atoms with Crippen LogP contribution in [0, 0.1) is 4.77 Å². The van der Waals surface area contributed by atoms with E-state index in [0.29, 0.717) is 35.2 Å². The zero-order valence-electron chi connectivity index (χ0n) is 14.9. The molecule has 4 rings (SSSR count). The van der Waals surface area contributed by atoms with E-state index in [2.05, 4.69) is 10.5 Å². The number of benzene rings is 2. The Bertz CT molecular complexity index is 1050. The highest BCUT2D eigenvalue weighted by atomic mass is 32.1. The van der Waals surface area contributed by atoms with Gasteiger partial charge < -0.3 is 9.47 Å². The van der Waals surface area contributed by atoms with E-state index in [1.807, 2.05) is 59.2 Å². The Morgan fingerprint density at radius 1 is 1.18 bits per heavy atom. The number of ether oxygens (including phenoxy) is 2. The first-order valence-corrected chi connectivity index (χ1v) is 9.21. The molecule has 9 heteroatoms. The van der Waals surface area contributed by atoms with Crippen LogP contribution >= 0.6 is 12.2 Å². The van der Waals surface area contributed by atoms with Gasteiger partial charge in [-0.25, -0.2) is 10.5 Å².